The lowest BCUT2D eigenvalue weighted by molar-refractivity contribution is 0.0950. The van der Waals surface area contributed by atoms with Gasteiger partial charge < -0.3 is 5.32 Å². The summed E-state index contributed by atoms with van der Waals surface area (Å²) in [6.07, 6.45) is 5.73. The van der Waals surface area contributed by atoms with E-state index in [-0.39, 0.29) is 5.91 Å². The molecule has 1 aromatic heterocycles. The Morgan fingerprint density at radius 1 is 1.43 bits per heavy atom. The number of rotatable bonds is 5. The summed E-state index contributed by atoms with van der Waals surface area (Å²) in [5.74, 6) is 0.0138. The maximum atomic E-state index is 12.3. The molecule has 1 aromatic carbocycles. The molecular formula is C17H21N3O. The van der Waals surface area contributed by atoms with Gasteiger partial charge in [0.2, 0.25) is 0 Å². The van der Waals surface area contributed by atoms with Crippen LogP contribution < -0.4 is 5.32 Å². The van der Waals surface area contributed by atoms with Crippen LogP contribution in [0.3, 0.4) is 0 Å². The number of carbonyl (C=O) groups is 1. The molecule has 110 valence electrons. The predicted octanol–water partition coefficient (Wildman–Crippen LogP) is 3.03. The molecule has 1 fully saturated rings. The van der Waals surface area contributed by atoms with Gasteiger partial charge >= 0.3 is 0 Å². The molecule has 0 aliphatic heterocycles. The first-order valence-corrected chi connectivity index (χ1v) is 7.64. The summed E-state index contributed by atoms with van der Waals surface area (Å²) in [6.45, 7) is 4.18. The van der Waals surface area contributed by atoms with Crippen molar-refractivity contribution in [1.29, 1.82) is 0 Å². The van der Waals surface area contributed by atoms with Crippen molar-refractivity contribution in [2.24, 2.45) is 0 Å². The van der Waals surface area contributed by atoms with Crippen LogP contribution in [0.4, 0.5) is 0 Å². The summed E-state index contributed by atoms with van der Waals surface area (Å²) in [6, 6.07) is 8.57. The monoisotopic (exact) mass is 283 g/mol. The molecule has 0 saturated heterocycles. The maximum absolute atomic E-state index is 12.3. The Hall–Kier alpha value is -2.10. The third kappa shape index (κ3) is 2.99. The van der Waals surface area contributed by atoms with Crippen molar-refractivity contribution >= 4 is 5.91 Å². The fourth-order valence-corrected chi connectivity index (χ4v) is 2.51. The average Bonchev–Trinajstić information content (AvgIpc) is 3.17. The van der Waals surface area contributed by atoms with Crippen LogP contribution in [0.5, 0.6) is 0 Å². The summed E-state index contributed by atoms with van der Waals surface area (Å²) in [4.78, 5) is 12.3. The molecule has 1 aliphatic rings. The average molecular weight is 283 g/mol. The highest BCUT2D eigenvalue weighted by Gasteiger charge is 2.26. The van der Waals surface area contributed by atoms with Crippen molar-refractivity contribution in [3.63, 3.8) is 0 Å². The zero-order chi connectivity index (χ0) is 14.8. The van der Waals surface area contributed by atoms with E-state index in [4.69, 9.17) is 0 Å². The molecule has 3 rings (SSSR count). The summed E-state index contributed by atoms with van der Waals surface area (Å²) in [5, 5.41) is 7.50. The van der Waals surface area contributed by atoms with Crippen molar-refractivity contribution in [3.8, 4) is 5.69 Å². The molecule has 1 saturated carbocycles. The second-order valence-corrected chi connectivity index (χ2v) is 5.75. The fraction of sp³-hybridized carbons (Fsp3) is 0.412. The van der Waals surface area contributed by atoms with E-state index in [0.717, 1.165) is 37.1 Å². The van der Waals surface area contributed by atoms with Crippen LogP contribution in [0, 0.1) is 6.92 Å². The smallest absolute Gasteiger partial charge is 0.254 e. The Balaban J connectivity index is 1.96. The van der Waals surface area contributed by atoms with Gasteiger partial charge in [0.05, 0.1) is 23.1 Å². The van der Waals surface area contributed by atoms with E-state index in [0.29, 0.717) is 11.6 Å². The number of hydrogen-bond acceptors (Lipinski definition) is 2. The lowest BCUT2D eigenvalue weighted by Crippen LogP contribution is -2.26. The van der Waals surface area contributed by atoms with Crippen molar-refractivity contribution in [2.45, 2.75) is 45.6 Å². The lowest BCUT2D eigenvalue weighted by Gasteiger charge is -2.10. The number of nitrogens with zero attached hydrogens (tertiary/aromatic N) is 2. The van der Waals surface area contributed by atoms with E-state index in [2.05, 4.69) is 36.4 Å². The molecular weight excluding hydrogens is 262 g/mol. The minimum absolute atomic E-state index is 0.0138. The van der Waals surface area contributed by atoms with Crippen molar-refractivity contribution in [2.75, 3.05) is 0 Å². The highest BCUT2D eigenvalue weighted by atomic mass is 16.1. The predicted molar refractivity (Wildman–Crippen MR) is 82.8 cm³/mol. The summed E-state index contributed by atoms with van der Waals surface area (Å²) in [7, 11) is 0. The largest absolute Gasteiger partial charge is 0.349 e. The fourth-order valence-electron chi connectivity index (χ4n) is 2.51. The van der Waals surface area contributed by atoms with Gasteiger partial charge in [0.25, 0.3) is 5.91 Å². The Morgan fingerprint density at radius 3 is 2.90 bits per heavy atom. The van der Waals surface area contributed by atoms with E-state index < -0.39 is 0 Å². The second kappa shape index (κ2) is 5.72. The Labute approximate surface area is 125 Å². The minimum atomic E-state index is 0.0138. The Bertz CT molecular complexity index is 656. The molecule has 1 aliphatic carbocycles. The molecule has 0 bridgehead atoms. The van der Waals surface area contributed by atoms with E-state index in [1.165, 1.54) is 5.56 Å². The maximum Gasteiger partial charge on any atom is 0.254 e. The van der Waals surface area contributed by atoms with Crippen molar-refractivity contribution in [1.82, 2.24) is 15.1 Å². The van der Waals surface area contributed by atoms with Crippen LogP contribution in [-0.2, 0) is 6.42 Å². The molecule has 2 aromatic rings. The van der Waals surface area contributed by atoms with E-state index in [1.807, 2.05) is 16.8 Å². The highest BCUT2D eigenvalue weighted by Crippen LogP contribution is 2.22. The number of aromatic nitrogens is 2. The van der Waals surface area contributed by atoms with Gasteiger partial charge in [-0.1, -0.05) is 25.5 Å². The summed E-state index contributed by atoms with van der Waals surface area (Å²) in [5.41, 5.74) is 3.92. The second-order valence-electron chi connectivity index (χ2n) is 5.75. The lowest BCUT2D eigenvalue weighted by atomic mass is 10.1. The van der Waals surface area contributed by atoms with Crippen LogP contribution >= 0.6 is 0 Å². The molecule has 0 unspecified atom stereocenters. The number of benzene rings is 1. The summed E-state index contributed by atoms with van der Waals surface area (Å²) >= 11 is 0. The topological polar surface area (TPSA) is 46.9 Å². The Kier molecular flexibility index (Phi) is 3.78. The first-order chi connectivity index (χ1) is 10.2. The number of amides is 1. The van der Waals surface area contributed by atoms with Crippen molar-refractivity contribution < 1.29 is 4.79 Å². The van der Waals surface area contributed by atoms with Crippen LogP contribution in [0.1, 0.15) is 47.8 Å². The molecule has 1 amide bonds. The molecule has 4 heteroatoms. The van der Waals surface area contributed by atoms with Gasteiger partial charge in [0.1, 0.15) is 0 Å². The van der Waals surface area contributed by atoms with Gasteiger partial charge in [-0.2, -0.15) is 5.10 Å². The van der Waals surface area contributed by atoms with E-state index in [1.54, 1.807) is 6.20 Å². The quantitative estimate of drug-likeness (QED) is 0.917. The van der Waals surface area contributed by atoms with Gasteiger partial charge in [0.15, 0.2) is 0 Å². The minimum Gasteiger partial charge on any atom is -0.349 e. The normalized spacial score (nSPS) is 14.2. The standard InChI is InChI=1S/C17H21N3O/c1-3-5-16-15(17(21)19-13-8-9-13)11-18-20(16)14-7-4-6-12(2)10-14/h4,6-7,10-11,13H,3,5,8-9H2,1-2H3,(H,19,21). The molecule has 0 spiro atoms. The zero-order valence-electron chi connectivity index (χ0n) is 12.6. The SMILES string of the molecule is CCCc1c(C(=O)NC2CC2)cnn1-c1cccc(C)c1. The number of nitrogens with one attached hydrogen (secondary N) is 1. The van der Waals surface area contributed by atoms with Crippen LogP contribution in [0.2, 0.25) is 0 Å². The first kappa shape index (κ1) is 13.9. The van der Waals surface area contributed by atoms with Gasteiger partial charge in [-0.3, -0.25) is 4.79 Å². The molecule has 1 N–H and O–H groups in total. The van der Waals surface area contributed by atoms with Gasteiger partial charge in [-0.05, 0) is 43.9 Å². The van der Waals surface area contributed by atoms with Gasteiger partial charge in [-0.15, -0.1) is 0 Å². The van der Waals surface area contributed by atoms with E-state index in [9.17, 15) is 4.79 Å². The third-order valence-electron chi connectivity index (χ3n) is 3.76. The number of hydrogen-bond donors (Lipinski definition) is 1. The zero-order valence-corrected chi connectivity index (χ0v) is 12.6. The molecule has 21 heavy (non-hydrogen) atoms. The first-order valence-electron chi connectivity index (χ1n) is 7.64. The summed E-state index contributed by atoms with van der Waals surface area (Å²) < 4.78 is 1.90. The van der Waals surface area contributed by atoms with Crippen molar-refractivity contribution in [3.05, 3.63) is 47.3 Å². The number of aryl methyl sites for hydroxylation is 1. The van der Waals surface area contributed by atoms with Crippen LogP contribution in [-0.4, -0.2) is 21.7 Å². The Morgan fingerprint density at radius 2 is 2.24 bits per heavy atom. The highest BCUT2D eigenvalue weighted by molar-refractivity contribution is 5.95. The number of carbonyl (C=O) groups excluding carboxylic acids is 1. The van der Waals surface area contributed by atoms with Crippen LogP contribution in [0.25, 0.3) is 5.69 Å². The van der Waals surface area contributed by atoms with Gasteiger partial charge in [0, 0.05) is 6.04 Å². The molecule has 0 atom stereocenters. The third-order valence-corrected chi connectivity index (χ3v) is 3.76. The molecule has 4 nitrogen and oxygen atoms in total. The van der Waals surface area contributed by atoms with Gasteiger partial charge in [-0.25, -0.2) is 4.68 Å². The molecule has 1 heterocycles. The van der Waals surface area contributed by atoms with E-state index >= 15 is 0 Å². The van der Waals surface area contributed by atoms with Crippen LogP contribution in [0.15, 0.2) is 30.5 Å². The molecule has 0 radical (unpaired) electrons.